The molecular weight excluding hydrogens is 380 g/mol. The van der Waals surface area contributed by atoms with Gasteiger partial charge in [0.05, 0.1) is 20.8 Å². The molecule has 0 aliphatic carbocycles. The molecule has 0 saturated carbocycles. The van der Waals surface area contributed by atoms with Crippen molar-refractivity contribution < 1.29 is 4.79 Å². The van der Waals surface area contributed by atoms with Crippen LogP contribution in [0.25, 0.3) is 10.2 Å². The van der Waals surface area contributed by atoms with Crippen molar-refractivity contribution in [2.24, 2.45) is 5.10 Å². The van der Waals surface area contributed by atoms with E-state index in [-0.39, 0.29) is 5.91 Å². The third kappa shape index (κ3) is 4.12. The number of amides is 1. The minimum atomic E-state index is -0.225. The average molecular weight is 401 g/mol. The van der Waals surface area contributed by atoms with Crippen LogP contribution in [0.3, 0.4) is 0 Å². The molecule has 0 spiro atoms. The average Bonchev–Trinajstić information content (AvgIpc) is 3.06. The molecule has 1 aromatic heterocycles. The van der Waals surface area contributed by atoms with E-state index in [0.29, 0.717) is 10.6 Å². The predicted octanol–water partition coefficient (Wildman–Crippen LogP) is 6.02. The summed E-state index contributed by atoms with van der Waals surface area (Å²) in [6.07, 6.45) is 0.883. The van der Waals surface area contributed by atoms with Gasteiger partial charge in [0.1, 0.15) is 0 Å². The number of fused-ring (bicyclic) bond motifs is 1. The van der Waals surface area contributed by atoms with E-state index in [1.54, 1.807) is 24.3 Å². The lowest BCUT2D eigenvalue weighted by Gasteiger charge is -2.13. The molecule has 5 nitrogen and oxygen atoms in total. The molecule has 0 unspecified atom stereocenters. The number of aromatic nitrogens is 1. The molecule has 0 bridgehead atoms. The fourth-order valence-electron chi connectivity index (χ4n) is 2.67. The second kappa shape index (κ2) is 8.06. The SMILES string of the molecule is CC/C(C)=N\Nc1nc2cc(C)c(NC(=O)c3ccccc3Cl)c(C)c2s1. The number of benzene rings is 2. The minimum absolute atomic E-state index is 0.225. The topological polar surface area (TPSA) is 66.4 Å². The van der Waals surface area contributed by atoms with Gasteiger partial charge in [0, 0.05) is 11.4 Å². The quantitative estimate of drug-likeness (QED) is 0.406. The summed E-state index contributed by atoms with van der Waals surface area (Å²) in [5.41, 5.74) is 8.08. The van der Waals surface area contributed by atoms with Crippen molar-refractivity contribution in [2.75, 3.05) is 10.7 Å². The molecule has 1 amide bonds. The number of halogens is 1. The van der Waals surface area contributed by atoms with Gasteiger partial charge < -0.3 is 5.32 Å². The number of aryl methyl sites for hydroxylation is 2. The molecule has 2 N–H and O–H groups in total. The summed E-state index contributed by atoms with van der Waals surface area (Å²) in [5.74, 6) is -0.225. The highest BCUT2D eigenvalue weighted by Gasteiger charge is 2.16. The van der Waals surface area contributed by atoms with Crippen molar-refractivity contribution in [2.45, 2.75) is 34.1 Å². The molecular formula is C20H21ClN4OS. The van der Waals surface area contributed by atoms with Gasteiger partial charge in [-0.3, -0.25) is 10.2 Å². The third-order valence-corrected chi connectivity index (χ3v) is 5.75. The summed E-state index contributed by atoms with van der Waals surface area (Å²) in [7, 11) is 0. The largest absolute Gasteiger partial charge is 0.321 e. The first-order valence-corrected chi connectivity index (χ1v) is 9.86. The standard InChI is InChI=1S/C20H21ClN4OS/c1-5-12(3)24-25-20-22-16-10-11(2)17(13(4)18(16)27-20)23-19(26)14-8-6-7-9-15(14)21/h6-10H,5H2,1-4H3,(H,22,25)(H,23,26)/b24-12-. The zero-order valence-electron chi connectivity index (χ0n) is 15.7. The molecule has 2 aromatic carbocycles. The van der Waals surface area contributed by atoms with E-state index < -0.39 is 0 Å². The number of rotatable bonds is 5. The van der Waals surface area contributed by atoms with Gasteiger partial charge in [-0.1, -0.05) is 42.0 Å². The second-order valence-corrected chi connectivity index (χ2v) is 7.71. The summed E-state index contributed by atoms with van der Waals surface area (Å²) in [5, 5.41) is 8.48. The van der Waals surface area contributed by atoms with E-state index in [1.165, 1.54) is 11.3 Å². The molecule has 0 fully saturated rings. The Bertz CT molecular complexity index is 1040. The highest BCUT2D eigenvalue weighted by atomic mass is 35.5. The molecule has 0 aliphatic rings. The van der Waals surface area contributed by atoms with Crippen molar-refractivity contribution in [3.05, 3.63) is 52.0 Å². The van der Waals surface area contributed by atoms with Crippen LogP contribution in [-0.2, 0) is 0 Å². The number of hydrazone groups is 1. The molecule has 7 heteroatoms. The zero-order valence-corrected chi connectivity index (χ0v) is 17.3. The lowest BCUT2D eigenvalue weighted by atomic mass is 10.1. The van der Waals surface area contributed by atoms with Gasteiger partial charge >= 0.3 is 0 Å². The molecule has 0 radical (unpaired) electrons. The Hall–Kier alpha value is -2.44. The summed E-state index contributed by atoms with van der Waals surface area (Å²) in [4.78, 5) is 17.3. The van der Waals surface area contributed by atoms with Crippen LogP contribution < -0.4 is 10.7 Å². The maximum Gasteiger partial charge on any atom is 0.257 e. The number of nitrogens with one attached hydrogen (secondary N) is 2. The van der Waals surface area contributed by atoms with Crippen LogP contribution in [0.2, 0.25) is 5.02 Å². The number of thiazole rings is 1. The minimum Gasteiger partial charge on any atom is -0.321 e. The molecule has 140 valence electrons. The van der Waals surface area contributed by atoms with Gasteiger partial charge in [0.2, 0.25) is 5.13 Å². The smallest absolute Gasteiger partial charge is 0.257 e. The van der Waals surface area contributed by atoms with Crippen LogP contribution in [0.4, 0.5) is 10.8 Å². The van der Waals surface area contributed by atoms with Crippen LogP contribution in [0.15, 0.2) is 35.4 Å². The number of nitrogens with zero attached hydrogens (tertiary/aromatic N) is 2. The molecule has 0 atom stereocenters. The van der Waals surface area contributed by atoms with E-state index in [1.807, 2.05) is 26.8 Å². The van der Waals surface area contributed by atoms with E-state index in [0.717, 1.165) is 44.3 Å². The first-order chi connectivity index (χ1) is 12.9. The maximum atomic E-state index is 12.7. The maximum absolute atomic E-state index is 12.7. The number of carbonyl (C=O) groups excluding carboxylic acids is 1. The summed E-state index contributed by atoms with van der Waals surface area (Å²) in [6, 6.07) is 8.99. The first-order valence-electron chi connectivity index (χ1n) is 8.66. The van der Waals surface area contributed by atoms with E-state index in [2.05, 4.69) is 27.8 Å². The molecule has 27 heavy (non-hydrogen) atoms. The Morgan fingerprint density at radius 3 is 2.74 bits per heavy atom. The highest BCUT2D eigenvalue weighted by molar-refractivity contribution is 7.22. The number of carbonyl (C=O) groups is 1. The molecule has 0 aliphatic heterocycles. The van der Waals surface area contributed by atoms with Gasteiger partial charge in [-0.2, -0.15) is 5.10 Å². The van der Waals surface area contributed by atoms with Crippen LogP contribution >= 0.6 is 22.9 Å². The van der Waals surface area contributed by atoms with Gasteiger partial charge in [-0.15, -0.1) is 0 Å². The molecule has 1 heterocycles. The lowest BCUT2D eigenvalue weighted by Crippen LogP contribution is -2.14. The molecule has 3 aromatic rings. The van der Waals surface area contributed by atoms with Crippen LogP contribution in [-0.4, -0.2) is 16.6 Å². The third-order valence-electron chi connectivity index (χ3n) is 4.33. The van der Waals surface area contributed by atoms with Crippen molar-refractivity contribution >= 4 is 55.6 Å². The molecule has 3 rings (SSSR count). The Labute approximate surface area is 167 Å². The van der Waals surface area contributed by atoms with Gasteiger partial charge in [0.25, 0.3) is 5.91 Å². The monoisotopic (exact) mass is 400 g/mol. The Kier molecular flexibility index (Phi) is 5.77. The summed E-state index contributed by atoms with van der Waals surface area (Å²) >= 11 is 7.66. The van der Waals surface area contributed by atoms with Crippen molar-refractivity contribution in [3.63, 3.8) is 0 Å². The fraction of sp³-hybridized carbons (Fsp3) is 0.250. The fourth-order valence-corrected chi connectivity index (χ4v) is 3.79. The summed E-state index contributed by atoms with van der Waals surface area (Å²) < 4.78 is 1.02. The van der Waals surface area contributed by atoms with Crippen molar-refractivity contribution in [1.82, 2.24) is 4.98 Å². The van der Waals surface area contributed by atoms with E-state index >= 15 is 0 Å². The van der Waals surface area contributed by atoms with Gasteiger partial charge in [-0.05, 0) is 56.5 Å². The first kappa shape index (κ1) is 19.3. The number of hydrogen-bond donors (Lipinski definition) is 2. The van der Waals surface area contributed by atoms with Crippen molar-refractivity contribution in [1.29, 1.82) is 0 Å². The van der Waals surface area contributed by atoms with Crippen molar-refractivity contribution in [3.8, 4) is 0 Å². The second-order valence-electron chi connectivity index (χ2n) is 6.31. The zero-order chi connectivity index (χ0) is 19.6. The number of anilines is 2. The van der Waals surface area contributed by atoms with Crippen LogP contribution in [0.5, 0.6) is 0 Å². The van der Waals surface area contributed by atoms with Crippen LogP contribution in [0, 0.1) is 13.8 Å². The Morgan fingerprint density at radius 1 is 1.30 bits per heavy atom. The lowest BCUT2D eigenvalue weighted by molar-refractivity contribution is 0.102. The van der Waals surface area contributed by atoms with E-state index in [4.69, 9.17) is 11.6 Å². The normalized spacial score (nSPS) is 11.7. The predicted molar refractivity (Wildman–Crippen MR) is 116 cm³/mol. The Morgan fingerprint density at radius 2 is 2.04 bits per heavy atom. The van der Waals surface area contributed by atoms with Gasteiger partial charge in [-0.25, -0.2) is 4.98 Å². The Balaban J connectivity index is 1.94. The van der Waals surface area contributed by atoms with Gasteiger partial charge in [0.15, 0.2) is 0 Å². The highest BCUT2D eigenvalue weighted by Crippen LogP contribution is 2.35. The van der Waals surface area contributed by atoms with E-state index in [9.17, 15) is 4.79 Å². The van der Waals surface area contributed by atoms with Crippen LogP contribution in [0.1, 0.15) is 41.8 Å². The summed E-state index contributed by atoms with van der Waals surface area (Å²) in [6.45, 7) is 7.97. The number of hydrogen-bond acceptors (Lipinski definition) is 5. The molecule has 0 saturated heterocycles.